The molecule has 31 heavy (non-hydrogen) atoms. The monoisotopic (exact) mass is 405 g/mol. The van der Waals surface area contributed by atoms with E-state index in [-0.39, 0.29) is 0 Å². The Bertz CT molecular complexity index is 1480. The Morgan fingerprint density at radius 2 is 1.61 bits per heavy atom. The molecule has 0 aliphatic heterocycles. The molecule has 0 saturated heterocycles. The minimum Gasteiger partial charge on any atom is -0.456 e. The first kappa shape index (κ1) is 19.1. The van der Waals surface area contributed by atoms with Gasteiger partial charge in [-0.2, -0.15) is 5.10 Å². The highest BCUT2D eigenvalue weighted by atomic mass is 16.3. The number of hydrogen-bond acceptors (Lipinski definition) is 4. The topological polar surface area (TPSA) is 50.4 Å². The van der Waals surface area contributed by atoms with Gasteiger partial charge in [0.15, 0.2) is 0 Å². The SMILES string of the molecule is Cc1ccc(-c2c/c(=N\Nc3ccc4ccccc4n3)c3c(C)cc(C)cc3o2)cc1. The van der Waals surface area contributed by atoms with Crippen molar-refractivity contribution in [2.24, 2.45) is 5.10 Å². The van der Waals surface area contributed by atoms with Gasteiger partial charge in [-0.1, -0.05) is 54.1 Å². The zero-order valence-electron chi connectivity index (χ0n) is 17.8. The fraction of sp³-hybridized carbons (Fsp3) is 0.111. The van der Waals surface area contributed by atoms with Crippen LogP contribution in [-0.4, -0.2) is 4.98 Å². The molecule has 0 atom stereocenters. The summed E-state index contributed by atoms with van der Waals surface area (Å²) in [6, 6.07) is 26.6. The van der Waals surface area contributed by atoms with Gasteiger partial charge in [-0.25, -0.2) is 4.98 Å². The first-order valence-corrected chi connectivity index (χ1v) is 10.3. The number of anilines is 1. The highest BCUT2D eigenvalue weighted by molar-refractivity contribution is 5.83. The Morgan fingerprint density at radius 3 is 2.45 bits per heavy atom. The normalized spacial score (nSPS) is 11.9. The molecule has 3 aromatic carbocycles. The summed E-state index contributed by atoms with van der Waals surface area (Å²) in [5.74, 6) is 1.49. The zero-order valence-corrected chi connectivity index (χ0v) is 17.8. The molecule has 152 valence electrons. The van der Waals surface area contributed by atoms with Crippen LogP contribution < -0.4 is 10.8 Å². The lowest BCUT2D eigenvalue weighted by atomic mass is 10.0. The van der Waals surface area contributed by atoms with Crippen LogP contribution >= 0.6 is 0 Å². The lowest BCUT2D eigenvalue weighted by molar-refractivity contribution is 0.617. The number of nitrogens with zero attached hydrogens (tertiary/aromatic N) is 2. The molecule has 0 unspecified atom stereocenters. The number of benzene rings is 3. The van der Waals surface area contributed by atoms with E-state index in [1.54, 1.807) is 0 Å². The van der Waals surface area contributed by atoms with Crippen molar-refractivity contribution in [3.05, 3.63) is 101 Å². The minimum absolute atomic E-state index is 0.703. The maximum Gasteiger partial charge on any atom is 0.146 e. The predicted molar refractivity (Wildman–Crippen MR) is 127 cm³/mol. The number of rotatable bonds is 3. The molecule has 0 aliphatic rings. The average Bonchev–Trinajstić information content (AvgIpc) is 2.77. The molecule has 0 radical (unpaired) electrons. The van der Waals surface area contributed by atoms with E-state index in [1.807, 2.05) is 36.4 Å². The quantitative estimate of drug-likeness (QED) is 0.349. The van der Waals surface area contributed by atoms with Crippen LogP contribution in [0.5, 0.6) is 0 Å². The number of aryl methyl sites for hydroxylation is 3. The van der Waals surface area contributed by atoms with Crippen molar-refractivity contribution in [1.29, 1.82) is 0 Å². The van der Waals surface area contributed by atoms with E-state index in [9.17, 15) is 0 Å². The van der Waals surface area contributed by atoms with E-state index in [1.165, 1.54) is 5.56 Å². The summed E-state index contributed by atoms with van der Waals surface area (Å²) in [6.07, 6.45) is 0. The molecule has 0 bridgehead atoms. The molecule has 0 amide bonds. The number of pyridine rings is 1. The Hall–Kier alpha value is -3.92. The van der Waals surface area contributed by atoms with E-state index >= 15 is 0 Å². The molecule has 4 nitrogen and oxygen atoms in total. The summed E-state index contributed by atoms with van der Waals surface area (Å²) in [6.45, 7) is 6.24. The maximum atomic E-state index is 6.30. The largest absolute Gasteiger partial charge is 0.456 e. The van der Waals surface area contributed by atoms with Gasteiger partial charge in [0, 0.05) is 22.4 Å². The Morgan fingerprint density at radius 1 is 0.806 bits per heavy atom. The van der Waals surface area contributed by atoms with Crippen molar-refractivity contribution in [2.75, 3.05) is 5.43 Å². The molecule has 0 spiro atoms. The summed E-state index contributed by atoms with van der Waals surface area (Å²) < 4.78 is 6.30. The van der Waals surface area contributed by atoms with Gasteiger partial charge in [-0.3, -0.25) is 5.43 Å². The van der Waals surface area contributed by atoms with E-state index in [4.69, 9.17) is 9.52 Å². The van der Waals surface area contributed by atoms with Gasteiger partial charge in [0.05, 0.1) is 10.9 Å². The molecule has 0 saturated carbocycles. The maximum absolute atomic E-state index is 6.30. The van der Waals surface area contributed by atoms with Crippen molar-refractivity contribution in [3.63, 3.8) is 0 Å². The van der Waals surface area contributed by atoms with Crippen LogP contribution in [0.1, 0.15) is 16.7 Å². The molecule has 0 aliphatic carbocycles. The second-order valence-corrected chi connectivity index (χ2v) is 7.93. The predicted octanol–water partition coefficient (Wildman–Crippen LogP) is 6.50. The number of aromatic nitrogens is 1. The van der Waals surface area contributed by atoms with Crippen molar-refractivity contribution in [1.82, 2.24) is 4.98 Å². The lowest BCUT2D eigenvalue weighted by Crippen LogP contribution is -2.09. The minimum atomic E-state index is 0.703. The number of hydrogen-bond donors (Lipinski definition) is 1. The van der Waals surface area contributed by atoms with E-state index in [0.29, 0.717) is 5.82 Å². The Kier molecular flexibility index (Phi) is 4.75. The fourth-order valence-corrected chi connectivity index (χ4v) is 3.88. The van der Waals surface area contributed by atoms with Crippen molar-refractivity contribution < 1.29 is 4.42 Å². The van der Waals surface area contributed by atoms with Crippen molar-refractivity contribution >= 4 is 27.7 Å². The van der Waals surface area contributed by atoms with E-state index in [0.717, 1.165) is 49.7 Å². The first-order chi connectivity index (χ1) is 15.1. The van der Waals surface area contributed by atoms with Crippen LogP contribution in [-0.2, 0) is 0 Å². The molecule has 5 rings (SSSR count). The zero-order chi connectivity index (χ0) is 21.4. The second kappa shape index (κ2) is 7.73. The number of para-hydroxylation sites is 1. The third-order valence-corrected chi connectivity index (χ3v) is 5.41. The molecule has 2 heterocycles. The molecular weight excluding hydrogens is 382 g/mol. The van der Waals surface area contributed by atoms with Crippen molar-refractivity contribution in [2.45, 2.75) is 20.8 Å². The van der Waals surface area contributed by atoms with Crippen LogP contribution in [0, 0.1) is 20.8 Å². The van der Waals surface area contributed by atoms with Gasteiger partial charge < -0.3 is 4.42 Å². The second-order valence-electron chi connectivity index (χ2n) is 7.93. The summed E-state index contributed by atoms with van der Waals surface area (Å²) in [7, 11) is 0. The highest BCUT2D eigenvalue weighted by Crippen LogP contribution is 2.25. The van der Waals surface area contributed by atoms with Gasteiger partial charge in [0.2, 0.25) is 0 Å². The van der Waals surface area contributed by atoms with Crippen LogP contribution in [0.15, 0.2) is 88.4 Å². The van der Waals surface area contributed by atoms with Gasteiger partial charge >= 0.3 is 0 Å². The lowest BCUT2D eigenvalue weighted by Gasteiger charge is -2.09. The van der Waals surface area contributed by atoms with Crippen LogP contribution in [0.4, 0.5) is 5.82 Å². The van der Waals surface area contributed by atoms with Gasteiger partial charge in [-0.15, -0.1) is 0 Å². The summed E-state index contributed by atoms with van der Waals surface area (Å²) in [5, 5.41) is 7.65. The molecular formula is C27H23N3O. The Balaban J connectivity index is 1.66. The van der Waals surface area contributed by atoms with Crippen molar-refractivity contribution in [3.8, 4) is 11.3 Å². The van der Waals surface area contributed by atoms with E-state index in [2.05, 4.69) is 73.6 Å². The van der Waals surface area contributed by atoms with Crippen LogP contribution in [0.2, 0.25) is 0 Å². The summed E-state index contributed by atoms with van der Waals surface area (Å²) in [4.78, 5) is 4.67. The fourth-order valence-electron chi connectivity index (χ4n) is 3.88. The average molecular weight is 406 g/mol. The number of fused-ring (bicyclic) bond motifs is 2. The van der Waals surface area contributed by atoms with Gasteiger partial charge in [0.25, 0.3) is 0 Å². The van der Waals surface area contributed by atoms with Gasteiger partial charge in [0.1, 0.15) is 17.2 Å². The summed E-state index contributed by atoms with van der Waals surface area (Å²) >= 11 is 0. The molecule has 1 N–H and O–H groups in total. The first-order valence-electron chi connectivity index (χ1n) is 10.3. The Labute approximate surface area is 180 Å². The van der Waals surface area contributed by atoms with Crippen LogP contribution in [0.3, 0.4) is 0 Å². The summed E-state index contributed by atoms with van der Waals surface area (Å²) in [5.41, 5.74) is 9.42. The molecule has 4 heteroatoms. The van der Waals surface area contributed by atoms with Gasteiger partial charge in [-0.05, 0) is 56.2 Å². The number of nitrogens with one attached hydrogen (secondary N) is 1. The molecule has 5 aromatic rings. The third kappa shape index (κ3) is 3.80. The molecule has 2 aromatic heterocycles. The smallest absolute Gasteiger partial charge is 0.146 e. The van der Waals surface area contributed by atoms with E-state index < -0.39 is 0 Å². The standard InChI is InChI=1S/C27H23N3O/c1-17-8-10-21(11-9-17)24-16-23(27-19(3)14-18(2)15-25(27)31-24)29-30-26-13-12-20-6-4-5-7-22(20)28-26/h4-16H,1-3H3,(H,28,30)/b29-23+. The highest BCUT2D eigenvalue weighted by Gasteiger charge is 2.09. The van der Waals surface area contributed by atoms with Crippen LogP contribution in [0.25, 0.3) is 33.2 Å². The third-order valence-electron chi connectivity index (χ3n) is 5.41. The molecule has 0 fully saturated rings.